The lowest BCUT2D eigenvalue weighted by atomic mass is 9.77. The fourth-order valence-electron chi connectivity index (χ4n) is 3.36. The van der Waals surface area contributed by atoms with Crippen LogP contribution in [0.3, 0.4) is 0 Å². The molecule has 4 nitrogen and oxygen atoms in total. The maximum atomic E-state index is 12.9. The van der Waals surface area contributed by atoms with E-state index in [0.29, 0.717) is 25.1 Å². The van der Waals surface area contributed by atoms with Gasteiger partial charge in [-0.05, 0) is 36.5 Å². The summed E-state index contributed by atoms with van der Waals surface area (Å²) in [7, 11) is 0. The Balaban J connectivity index is 2.03. The van der Waals surface area contributed by atoms with Crippen LogP contribution in [0.2, 0.25) is 0 Å². The number of aryl methyl sites for hydroxylation is 1. The molecule has 0 saturated carbocycles. The number of aliphatic hydroxyl groups is 1. The first-order chi connectivity index (χ1) is 12.7. The molecule has 9 heteroatoms. The lowest BCUT2D eigenvalue weighted by Crippen LogP contribution is -2.42. The van der Waals surface area contributed by atoms with Gasteiger partial charge in [0.15, 0.2) is 11.6 Å². The van der Waals surface area contributed by atoms with E-state index < -0.39 is 29.6 Å². The van der Waals surface area contributed by atoms with Gasteiger partial charge in [-0.2, -0.15) is 22.0 Å². The van der Waals surface area contributed by atoms with Crippen molar-refractivity contribution in [2.24, 2.45) is 0 Å². The van der Waals surface area contributed by atoms with Crippen molar-refractivity contribution < 1.29 is 31.8 Å². The number of rotatable bonds is 5. The van der Waals surface area contributed by atoms with Crippen LogP contribution in [-0.2, 0) is 18.1 Å². The summed E-state index contributed by atoms with van der Waals surface area (Å²) < 4.78 is 68.4. The molecule has 0 fully saturated rings. The first-order valence-electron chi connectivity index (χ1n) is 8.25. The second-order valence-electron chi connectivity index (χ2n) is 6.32. The Morgan fingerprint density at radius 1 is 1.26 bits per heavy atom. The monoisotopic (exact) mass is 388 g/mol. The summed E-state index contributed by atoms with van der Waals surface area (Å²) in [4.78, 5) is 3.66. The molecule has 1 aromatic heterocycles. The van der Waals surface area contributed by atoms with Crippen molar-refractivity contribution in [3.05, 3.63) is 53.2 Å². The molecule has 0 aliphatic heterocycles. The van der Waals surface area contributed by atoms with E-state index >= 15 is 0 Å². The van der Waals surface area contributed by atoms with Crippen molar-refractivity contribution in [1.29, 1.82) is 0 Å². The van der Waals surface area contributed by atoms with Crippen molar-refractivity contribution in [2.75, 3.05) is 11.9 Å². The van der Waals surface area contributed by atoms with Crippen LogP contribution in [0.5, 0.6) is 5.75 Å². The predicted molar refractivity (Wildman–Crippen MR) is 87.6 cm³/mol. The van der Waals surface area contributed by atoms with E-state index in [1.165, 1.54) is 0 Å². The number of anilines is 1. The second kappa shape index (κ2) is 7.30. The highest BCUT2D eigenvalue weighted by atomic mass is 19.4. The molecule has 0 bridgehead atoms. The van der Waals surface area contributed by atoms with Crippen molar-refractivity contribution in [3.63, 3.8) is 0 Å². The van der Waals surface area contributed by atoms with Gasteiger partial charge >= 0.3 is 12.8 Å². The molecule has 1 aliphatic carbocycles. The minimum Gasteiger partial charge on any atom is -0.431 e. The smallest absolute Gasteiger partial charge is 0.418 e. The number of pyridine rings is 1. The SMILES string of the molecule is OC[C@]1(Nc2ncc(C(F)(F)F)cc2OC(F)F)CCCc2ccccc21. The Morgan fingerprint density at radius 3 is 2.67 bits per heavy atom. The molecule has 146 valence electrons. The molecular weight excluding hydrogens is 371 g/mol. The van der Waals surface area contributed by atoms with Crippen LogP contribution in [-0.4, -0.2) is 23.3 Å². The fraction of sp³-hybridized carbons (Fsp3) is 0.389. The van der Waals surface area contributed by atoms with Crippen LogP contribution in [0, 0.1) is 0 Å². The third kappa shape index (κ3) is 3.97. The van der Waals surface area contributed by atoms with E-state index in [1.54, 1.807) is 12.1 Å². The molecular formula is C18H17F5N2O2. The zero-order chi connectivity index (χ0) is 19.7. The molecule has 1 atom stereocenters. The Kier molecular flexibility index (Phi) is 5.23. The number of fused-ring (bicyclic) bond motifs is 1. The molecule has 2 N–H and O–H groups in total. The summed E-state index contributed by atoms with van der Waals surface area (Å²) in [5.41, 5.74) is -0.537. The van der Waals surface area contributed by atoms with Gasteiger partial charge in [-0.3, -0.25) is 0 Å². The number of alkyl halides is 5. The standard InChI is InChI=1S/C18H17F5N2O2/c19-16(20)27-14-8-12(18(21,22)23)9-24-15(14)25-17(10-26)7-3-5-11-4-1-2-6-13(11)17/h1-2,4,6,8-9,16,26H,3,5,7,10H2,(H,24,25)/t17-/m1/s1. The van der Waals surface area contributed by atoms with E-state index in [2.05, 4.69) is 15.0 Å². The molecule has 0 spiro atoms. The van der Waals surface area contributed by atoms with Gasteiger partial charge in [0.1, 0.15) is 0 Å². The van der Waals surface area contributed by atoms with Crippen LogP contribution < -0.4 is 10.1 Å². The molecule has 1 heterocycles. The van der Waals surface area contributed by atoms with Crippen LogP contribution >= 0.6 is 0 Å². The number of ether oxygens (including phenoxy) is 1. The van der Waals surface area contributed by atoms with Crippen molar-refractivity contribution >= 4 is 5.82 Å². The van der Waals surface area contributed by atoms with Gasteiger partial charge in [0, 0.05) is 6.20 Å². The highest BCUT2D eigenvalue weighted by molar-refractivity contribution is 5.56. The molecule has 1 aromatic carbocycles. The Bertz CT molecular complexity index is 813. The number of benzene rings is 1. The average molecular weight is 388 g/mol. The highest BCUT2D eigenvalue weighted by Crippen LogP contribution is 2.41. The van der Waals surface area contributed by atoms with Gasteiger partial charge in [-0.15, -0.1) is 0 Å². The summed E-state index contributed by atoms with van der Waals surface area (Å²) in [5.74, 6) is -1.01. The number of nitrogens with zero attached hydrogens (tertiary/aromatic N) is 1. The first kappa shape index (κ1) is 19.3. The average Bonchev–Trinajstić information content (AvgIpc) is 2.62. The van der Waals surface area contributed by atoms with E-state index in [-0.39, 0.29) is 12.4 Å². The third-order valence-corrected chi connectivity index (χ3v) is 4.61. The minimum absolute atomic E-state index is 0.283. The maximum absolute atomic E-state index is 12.9. The molecule has 0 saturated heterocycles. The van der Waals surface area contributed by atoms with Gasteiger partial charge < -0.3 is 15.2 Å². The van der Waals surface area contributed by atoms with Gasteiger partial charge in [0.05, 0.1) is 17.7 Å². The highest BCUT2D eigenvalue weighted by Gasteiger charge is 2.38. The number of hydrogen-bond acceptors (Lipinski definition) is 4. The largest absolute Gasteiger partial charge is 0.431 e. The van der Waals surface area contributed by atoms with E-state index in [9.17, 15) is 27.1 Å². The predicted octanol–water partition coefficient (Wildman–Crippen LogP) is 4.34. The summed E-state index contributed by atoms with van der Waals surface area (Å²) >= 11 is 0. The van der Waals surface area contributed by atoms with Crippen molar-refractivity contribution in [3.8, 4) is 5.75 Å². The first-order valence-corrected chi connectivity index (χ1v) is 8.25. The quantitative estimate of drug-likeness (QED) is 0.749. The summed E-state index contributed by atoms with van der Waals surface area (Å²) in [6.45, 7) is -3.71. The van der Waals surface area contributed by atoms with Crippen LogP contribution in [0.1, 0.15) is 29.5 Å². The van der Waals surface area contributed by atoms with Crippen LogP contribution in [0.25, 0.3) is 0 Å². The zero-order valence-corrected chi connectivity index (χ0v) is 14.1. The number of aromatic nitrogens is 1. The zero-order valence-electron chi connectivity index (χ0n) is 14.1. The van der Waals surface area contributed by atoms with Crippen LogP contribution in [0.15, 0.2) is 36.5 Å². The van der Waals surface area contributed by atoms with Crippen molar-refractivity contribution in [2.45, 2.75) is 37.6 Å². The Morgan fingerprint density at radius 2 is 2.00 bits per heavy atom. The van der Waals surface area contributed by atoms with E-state index in [4.69, 9.17) is 0 Å². The van der Waals surface area contributed by atoms with Crippen LogP contribution in [0.4, 0.5) is 27.8 Å². The third-order valence-electron chi connectivity index (χ3n) is 4.61. The van der Waals surface area contributed by atoms with Crippen molar-refractivity contribution in [1.82, 2.24) is 4.98 Å². The molecule has 3 rings (SSSR count). The molecule has 0 unspecified atom stereocenters. The normalized spacial score (nSPS) is 19.7. The molecule has 2 aromatic rings. The number of nitrogens with one attached hydrogen (secondary N) is 1. The van der Waals surface area contributed by atoms with E-state index in [1.807, 2.05) is 12.1 Å². The topological polar surface area (TPSA) is 54.4 Å². The van der Waals surface area contributed by atoms with Gasteiger partial charge in [-0.1, -0.05) is 24.3 Å². The minimum atomic E-state index is -4.75. The number of aliphatic hydroxyl groups excluding tert-OH is 1. The second-order valence-corrected chi connectivity index (χ2v) is 6.32. The summed E-state index contributed by atoms with van der Waals surface area (Å²) in [6, 6.07) is 7.76. The lowest BCUT2D eigenvalue weighted by Gasteiger charge is -2.39. The molecule has 0 amide bonds. The molecule has 27 heavy (non-hydrogen) atoms. The summed E-state index contributed by atoms with van der Waals surface area (Å²) in [6.07, 6.45) is -2.27. The van der Waals surface area contributed by atoms with Gasteiger partial charge in [0.25, 0.3) is 0 Å². The molecule has 1 aliphatic rings. The Hall–Kier alpha value is -2.42. The number of halogens is 5. The van der Waals surface area contributed by atoms with Gasteiger partial charge in [0.2, 0.25) is 0 Å². The maximum Gasteiger partial charge on any atom is 0.418 e. The molecule has 0 radical (unpaired) electrons. The lowest BCUT2D eigenvalue weighted by molar-refractivity contribution is -0.138. The van der Waals surface area contributed by atoms with E-state index in [0.717, 1.165) is 17.5 Å². The summed E-state index contributed by atoms with van der Waals surface area (Å²) in [5, 5.41) is 12.9. The Labute approximate surface area is 152 Å². The number of hydrogen-bond donors (Lipinski definition) is 2. The van der Waals surface area contributed by atoms with Gasteiger partial charge in [-0.25, -0.2) is 4.98 Å². The fourth-order valence-corrected chi connectivity index (χ4v) is 3.36.